The van der Waals surface area contributed by atoms with E-state index in [9.17, 15) is 18.8 Å². The van der Waals surface area contributed by atoms with Crippen molar-refractivity contribution in [1.82, 2.24) is 0 Å². The molecule has 1 saturated heterocycles. The lowest BCUT2D eigenvalue weighted by atomic mass is 10.1. The summed E-state index contributed by atoms with van der Waals surface area (Å²) in [6.45, 7) is 2.10. The number of hydrogen-bond acceptors (Lipinski definition) is 5. The van der Waals surface area contributed by atoms with Gasteiger partial charge < -0.3 is 15.5 Å². The second-order valence-electron chi connectivity index (χ2n) is 8.48. The maximum Gasteiger partial charge on any atom is 0.283 e. The second-order valence-corrected chi connectivity index (χ2v) is 8.86. The van der Waals surface area contributed by atoms with Gasteiger partial charge in [0.15, 0.2) is 0 Å². The Kier molecular flexibility index (Phi) is 6.43. The van der Waals surface area contributed by atoms with Crippen LogP contribution >= 0.6 is 11.6 Å². The number of nitrogens with zero attached hydrogens (tertiary/aromatic N) is 2. The van der Waals surface area contributed by atoms with Gasteiger partial charge in [0.1, 0.15) is 16.5 Å². The molecule has 3 amide bonds. The highest BCUT2D eigenvalue weighted by molar-refractivity contribution is 6.53. The highest BCUT2D eigenvalue weighted by atomic mass is 35.5. The van der Waals surface area contributed by atoms with Crippen LogP contribution in [0.1, 0.15) is 23.2 Å². The van der Waals surface area contributed by atoms with E-state index in [0.717, 1.165) is 24.8 Å². The zero-order valence-electron chi connectivity index (χ0n) is 19.1. The Morgan fingerprint density at radius 3 is 2.14 bits per heavy atom. The first-order valence-electron chi connectivity index (χ1n) is 11.5. The van der Waals surface area contributed by atoms with Crippen LogP contribution in [0.25, 0.3) is 0 Å². The van der Waals surface area contributed by atoms with Gasteiger partial charge in [-0.2, -0.15) is 0 Å². The molecule has 7 nitrogen and oxygen atoms in total. The first-order chi connectivity index (χ1) is 17.4. The zero-order chi connectivity index (χ0) is 25.2. The number of benzene rings is 3. The first-order valence-corrected chi connectivity index (χ1v) is 11.9. The van der Waals surface area contributed by atoms with Crippen LogP contribution in [-0.4, -0.2) is 30.8 Å². The number of amides is 3. The van der Waals surface area contributed by atoms with Gasteiger partial charge in [0.2, 0.25) is 0 Å². The fourth-order valence-electron chi connectivity index (χ4n) is 4.25. The molecule has 1 fully saturated rings. The molecule has 2 aliphatic heterocycles. The Labute approximate surface area is 212 Å². The van der Waals surface area contributed by atoms with Crippen molar-refractivity contribution in [2.45, 2.75) is 12.8 Å². The van der Waals surface area contributed by atoms with Gasteiger partial charge in [-0.15, -0.1) is 0 Å². The van der Waals surface area contributed by atoms with Gasteiger partial charge >= 0.3 is 0 Å². The number of hydrogen-bond donors (Lipinski definition) is 2. The van der Waals surface area contributed by atoms with E-state index >= 15 is 0 Å². The van der Waals surface area contributed by atoms with E-state index in [1.165, 1.54) is 31.0 Å². The predicted molar refractivity (Wildman–Crippen MR) is 138 cm³/mol. The predicted octanol–water partition coefficient (Wildman–Crippen LogP) is 5.11. The number of halogens is 2. The van der Waals surface area contributed by atoms with E-state index in [2.05, 4.69) is 15.5 Å². The molecule has 3 aromatic carbocycles. The van der Waals surface area contributed by atoms with Crippen LogP contribution in [-0.2, 0) is 9.59 Å². The number of carbonyl (C=O) groups excluding carboxylic acids is 3. The monoisotopic (exact) mass is 504 g/mol. The van der Waals surface area contributed by atoms with Crippen molar-refractivity contribution in [3.63, 3.8) is 0 Å². The summed E-state index contributed by atoms with van der Waals surface area (Å²) in [5, 5.41) is 5.34. The van der Waals surface area contributed by atoms with Crippen molar-refractivity contribution in [2.24, 2.45) is 0 Å². The quantitative estimate of drug-likeness (QED) is 0.456. The highest BCUT2D eigenvalue weighted by Gasteiger charge is 2.40. The van der Waals surface area contributed by atoms with Crippen LogP contribution in [0.3, 0.4) is 0 Å². The summed E-state index contributed by atoms with van der Waals surface area (Å²) in [7, 11) is 0. The largest absolute Gasteiger partial charge is 0.372 e. The molecule has 9 heteroatoms. The third-order valence-corrected chi connectivity index (χ3v) is 6.48. The van der Waals surface area contributed by atoms with Crippen molar-refractivity contribution < 1.29 is 18.8 Å². The molecule has 0 unspecified atom stereocenters. The van der Waals surface area contributed by atoms with E-state index in [1.54, 1.807) is 24.3 Å². The second kappa shape index (κ2) is 9.83. The van der Waals surface area contributed by atoms with E-state index in [-0.39, 0.29) is 22.3 Å². The van der Waals surface area contributed by atoms with Crippen LogP contribution in [0.2, 0.25) is 0 Å². The summed E-state index contributed by atoms with van der Waals surface area (Å²) in [6.07, 6.45) is 2.39. The number of anilines is 4. The fourth-order valence-corrected chi connectivity index (χ4v) is 4.46. The lowest BCUT2D eigenvalue weighted by Crippen LogP contribution is -2.33. The Morgan fingerprint density at radius 2 is 1.47 bits per heavy atom. The van der Waals surface area contributed by atoms with Gasteiger partial charge in [-0.1, -0.05) is 23.7 Å². The lowest BCUT2D eigenvalue weighted by Gasteiger charge is -2.17. The van der Waals surface area contributed by atoms with Gasteiger partial charge in [0, 0.05) is 35.7 Å². The standard InChI is InChI=1S/C27H22ClFN4O3/c28-23-24(27(36)33(26(23)35)22-6-2-1-5-21(22)29)30-18-9-7-17(8-10-18)25(34)31-19-11-13-20(14-12-19)32-15-3-4-16-32/h1-2,5-14,30H,3-4,15-16H2,(H,31,34). The number of carbonyl (C=O) groups is 3. The van der Waals surface area contributed by atoms with E-state index in [4.69, 9.17) is 11.6 Å². The molecule has 0 aliphatic carbocycles. The summed E-state index contributed by atoms with van der Waals surface area (Å²) >= 11 is 6.11. The van der Waals surface area contributed by atoms with E-state index in [1.807, 2.05) is 24.3 Å². The Balaban J connectivity index is 1.25. The number of imide groups is 1. The molecule has 0 bridgehead atoms. The van der Waals surface area contributed by atoms with Crippen LogP contribution in [0.15, 0.2) is 83.5 Å². The molecule has 0 saturated carbocycles. The lowest BCUT2D eigenvalue weighted by molar-refractivity contribution is -0.120. The fraction of sp³-hybridized carbons (Fsp3) is 0.148. The van der Waals surface area contributed by atoms with E-state index < -0.39 is 17.6 Å². The summed E-state index contributed by atoms with van der Waals surface area (Å²) in [4.78, 5) is 41.1. The average Bonchev–Trinajstić information content (AvgIpc) is 3.50. The molecule has 5 rings (SSSR count). The number of rotatable bonds is 6. The molecule has 2 aliphatic rings. The van der Waals surface area contributed by atoms with Gasteiger partial charge in [-0.05, 0) is 73.5 Å². The minimum atomic E-state index is -0.819. The van der Waals surface area contributed by atoms with Crippen molar-refractivity contribution in [3.05, 3.63) is 94.9 Å². The van der Waals surface area contributed by atoms with Gasteiger partial charge in [0.05, 0.1) is 5.69 Å². The molecule has 3 aromatic rings. The maximum atomic E-state index is 14.2. The summed E-state index contributed by atoms with van der Waals surface area (Å²) < 4.78 is 14.2. The number of para-hydroxylation sites is 1. The van der Waals surface area contributed by atoms with Crippen molar-refractivity contribution in [1.29, 1.82) is 0 Å². The van der Waals surface area contributed by atoms with Crippen LogP contribution in [0.4, 0.5) is 27.1 Å². The molecule has 2 heterocycles. The summed E-state index contributed by atoms with van der Waals surface area (Å²) in [6, 6.07) is 19.5. The summed E-state index contributed by atoms with van der Waals surface area (Å²) in [5.74, 6) is -2.59. The SMILES string of the molecule is O=C(Nc1ccc(N2CCCC2)cc1)c1ccc(NC2=C(Cl)C(=O)N(c3ccccc3F)C2=O)cc1. The van der Waals surface area contributed by atoms with Crippen LogP contribution in [0.5, 0.6) is 0 Å². The van der Waals surface area contributed by atoms with Gasteiger partial charge in [-0.3, -0.25) is 14.4 Å². The number of nitrogens with one attached hydrogen (secondary N) is 2. The van der Waals surface area contributed by atoms with Crippen molar-refractivity contribution in [2.75, 3.05) is 33.5 Å². The van der Waals surface area contributed by atoms with Gasteiger partial charge in [0.25, 0.3) is 17.7 Å². The van der Waals surface area contributed by atoms with Crippen molar-refractivity contribution >= 4 is 52.1 Å². The Bertz CT molecular complexity index is 1370. The minimum absolute atomic E-state index is 0.166. The highest BCUT2D eigenvalue weighted by Crippen LogP contribution is 2.31. The maximum absolute atomic E-state index is 14.2. The molecular weight excluding hydrogens is 483 g/mol. The topological polar surface area (TPSA) is 81.8 Å². The minimum Gasteiger partial charge on any atom is -0.372 e. The Hall–Kier alpha value is -4.17. The third kappa shape index (κ3) is 4.55. The molecule has 0 spiro atoms. The third-order valence-electron chi connectivity index (χ3n) is 6.13. The molecule has 2 N–H and O–H groups in total. The van der Waals surface area contributed by atoms with Gasteiger partial charge in [-0.25, -0.2) is 9.29 Å². The summed E-state index contributed by atoms with van der Waals surface area (Å²) in [5.41, 5.74) is 2.33. The molecular formula is C27H22ClFN4O3. The van der Waals surface area contributed by atoms with Crippen LogP contribution < -0.4 is 20.4 Å². The van der Waals surface area contributed by atoms with Crippen LogP contribution in [0, 0.1) is 5.82 Å². The molecule has 0 aromatic heterocycles. The van der Waals surface area contributed by atoms with E-state index in [0.29, 0.717) is 21.8 Å². The smallest absolute Gasteiger partial charge is 0.283 e. The molecule has 0 radical (unpaired) electrons. The average molecular weight is 505 g/mol. The molecule has 182 valence electrons. The zero-order valence-corrected chi connectivity index (χ0v) is 19.9. The Morgan fingerprint density at radius 1 is 0.833 bits per heavy atom. The molecule has 0 atom stereocenters. The first kappa shape index (κ1) is 23.6. The normalized spacial score (nSPS) is 15.6. The van der Waals surface area contributed by atoms with Crippen molar-refractivity contribution in [3.8, 4) is 0 Å². The molecule has 36 heavy (non-hydrogen) atoms.